The molecule has 0 radical (unpaired) electrons. The van der Waals surface area contributed by atoms with Crippen LogP contribution in [0.2, 0.25) is 0 Å². The van der Waals surface area contributed by atoms with Crippen LogP contribution in [0.5, 0.6) is 121 Å². The van der Waals surface area contributed by atoms with Crippen molar-refractivity contribution in [3.8, 4) is 121 Å². The van der Waals surface area contributed by atoms with E-state index in [2.05, 4.69) is 0 Å². The first-order chi connectivity index (χ1) is 36.8. The van der Waals surface area contributed by atoms with E-state index >= 15 is 0 Å². The summed E-state index contributed by atoms with van der Waals surface area (Å²) in [4.78, 5) is 41.2. The number of phenolic OH excluding ortho intramolecular Hbond substituents is 18. The van der Waals surface area contributed by atoms with Crippen molar-refractivity contribution in [2.75, 3.05) is 0 Å². The second-order valence-corrected chi connectivity index (χ2v) is 17.7. The summed E-state index contributed by atoms with van der Waals surface area (Å²) in [5.41, 5.74) is -3.46. The van der Waals surface area contributed by atoms with Crippen LogP contribution in [0.4, 0.5) is 0 Å². The van der Waals surface area contributed by atoms with Gasteiger partial charge in [0, 0.05) is 64.8 Å². The number of rotatable bonds is 10. The minimum atomic E-state index is -1.70. The number of benzene rings is 7. The predicted molar refractivity (Wildman–Crippen MR) is 255 cm³/mol. The molecule has 404 valence electrons. The number of fused-ring (bicyclic) bond motifs is 2. The van der Waals surface area contributed by atoms with E-state index < -0.39 is 199 Å². The van der Waals surface area contributed by atoms with E-state index in [0.717, 1.165) is 60.7 Å². The van der Waals surface area contributed by atoms with Gasteiger partial charge in [0.2, 0.25) is 0 Å². The van der Waals surface area contributed by atoms with Crippen molar-refractivity contribution in [2.24, 2.45) is 0 Å². The quantitative estimate of drug-likeness (QED) is 0.0486. The van der Waals surface area contributed by atoms with Crippen molar-refractivity contribution in [3.63, 3.8) is 0 Å². The van der Waals surface area contributed by atoms with Crippen LogP contribution in [-0.2, 0) is 28.7 Å². The average Bonchev–Trinajstić information content (AvgIpc) is 3.46. The molecule has 0 amide bonds. The van der Waals surface area contributed by atoms with Gasteiger partial charge in [-0.25, -0.2) is 14.4 Å². The van der Waals surface area contributed by atoms with Gasteiger partial charge in [0.1, 0.15) is 46.7 Å². The number of ether oxygens (including phenoxy) is 5. The summed E-state index contributed by atoms with van der Waals surface area (Å²) < 4.78 is 29.8. The van der Waals surface area contributed by atoms with Gasteiger partial charge in [0.25, 0.3) is 0 Å². The monoisotopic (exact) mass is 1080 g/mol. The number of aromatic hydroxyl groups is 18. The van der Waals surface area contributed by atoms with Gasteiger partial charge in [-0.05, 0) is 60.7 Å². The minimum Gasteiger partial charge on any atom is -0.507 e. The Morgan fingerprint density at radius 2 is 0.744 bits per heavy atom. The molecule has 0 saturated heterocycles. The molecule has 0 aliphatic carbocycles. The Bertz CT molecular complexity index is 3570. The molecular formula is C52H40O26. The molecule has 7 aromatic carbocycles. The van der Waals surface area contributed by atoms with Crippen LogP contribution in [-0.4, -0.2) is 122 Å². The summed E-state index contributed by atoms with van der Waals surface area (Å²) in [6.07, 6.45) is -8.62. The summed E-state index contributed by atoms with van der Waals surface area (Å²) >= 11 is 0. The predicted octanol–water partition coefficient (Wildman–Crippen LogP) is 5.00. The number of hydrogen-bond donors (Lipinski definition) is 18. The molecule has 2 aliphatic heterocycles. The third-order valence-corrected chi connectivity index (χ3v) is 12.7. The molecule has 7 aromatic rings. The van der Waals surface area contributed by atoms with E-state index in [4.69, 9.17) is 23.7 Å². The first kappa shape index (κ1) is 51.8. The molecule has 4 atom stereocenters. The average molecular weight is 1080 g/mol. The van der Waals surface area contributed by atoms with Crippen molar-refractivity contribution in [3.05, 3.63) is 123 Å². The molecule has 0 saturated carbocycles. The van der Waals surface area contributed by atoms with Gasteiger partial charge in [-0.1, -0.05) is 0 Å². The van der Waals surface area contributed by atoms with Crippen molar-refractivity contribution in [1.82, 2.24) is 0 Å². The lowest BCUT2D eigenvalue weighted by atomic mass is 9.88. The van der Waals surface area contributed by atoms with Crippen molar-refractivity contribution in [2.45, 2.75) is 43.7 Å². The first-order valence-corrected chi connectivity index (χ1v) is 22.5. The fraction of sp³-hybridized carbons (Fsp3) is 0.135. The van der Waals surface area contributed by atoms with Crippen LogP contribution in [0.3, 0.4) is 0 Å². The molecule has 26 nitrogen and oxygen atoms in total. The van der Waals surface area contributed by atoms with Gasteiger partial charge in [-0.3, -0.25) is 0 Å². The molecule has 4 unspecified atom stereocenters. The number of hydrogen-bond acceptors (Lipinski definition) is 26. The second-order valence-electron chi connectivity index (χ2n) is 17.7. The van der Waals surface area contributed by atoms with Crippen LogP contribution < -0.4 is 14.2 Å². The maximum Gasteiger partial charge on any atom is 0.343 e. The third-order valence-electron chi connectivity index (χ3n) is 12.7. The van der Waals surface area contributed by atoms with E-state index in [1.165, 1.54) is 0 Å². The number of esters is 3. The van der Waals surface area contributed by atoms with Gasteiger partial charge in [-0.15, -0.1) is 0 Å². The van der Waals surface area contributed by atoms with Gasteiger partial charge in [-0.2, -0.15) is 0 Å². The summed E-state index contributed by atoms with van der Waals surface area (Å²) in [5, 5.41) is 189. The smallest absolute Gasteiger partial charge is 0.343 e. The lowest BCUT2D eigenvalue weighted by Gasteiger charge is -2.36. The summed E-state index contributed by atoms with van der Waals surface area (Å²) in [5.74, 6) is -22.1. The van der Waals surface area contributed by atoms with Gasteiger partial charge in [0.15, 0.2) is 98.5 Å². The molecule has 0 fully saturated rings. The fourth-order valence-corrected chi connectivity index (χ4v) is 8.80. The zero-order valence-corrected chi connectivity index (χ0v) is 39.2. The highest BCUT2D eigenvalue weighted by Gasteiger charge is 2.42. The lowest BCUT2D eigenvalue weighted by molar-refractivity contribution is -0.0193. The normalized spacial score (nSPS) is 16.4. The number of phenols is 18. The van der Waals surface area contributed by atoms with Crippen LogP contribution in [0.1, 0.15) is 76.7 Å². The molecule has 0 spiro atoms. The van der Waals surface area contributed by atoms with Crippen LogP contribution in [0.15, 0.2) is 72.8 Å². The maximum absolute atomic E-state index is 13.9. The van der Waals surface area contributed by atoms with Crippen LogP contribution in [0, 0.1) is 0 Å². The highest BCUT2D eigenvalue weighted by atomic mass is 16.6. The van der Waals surface area contributed by atoms with Crippen molar-refractivity contribution >= 4 is 17.9 Å². The zero-order chi connectivity index (χ0) is 56.5. The molecule has 0 bridgehead atoms. The molecule has 2 heterocycles. The topological polar surface area (TPSA) is 462 Å². The van der Waals surface area contributed by atoms with E-state index in [1.807, 2.05) is 0 Å². The van der Waals surface area contributed by atoms with Gasteiger partial charge >= 0.3 is 17.9 Å². The Kier molecular flexibility index (Phi) is 12.9. The lowest BCUT2D eigenvalue weighted by Crippen LogP contribution is -2.35. The Morgan fingerprint density at radius 3 is 1.15 bits per heavy atom. The largest absolute Gasteiger partial charge is 0.507 e. The minimum absolute atomic E-state index is 0.203. The molecule has 26 heteroatoms. The Hall–Kier alpha value is -11.1. The molecule has 18 N–H and O–H groups in total. The molecule has 2 aliphatic rings. The molecular weight excluding hydrogens is 1040 g/mol. The van der Waals surface area contributed by atoms with E-state index in [0.29, 0.717) is 12.1 Å². The summed E-state index contributed by atoms with van der Waals surface area (Å²) in [7, 11) is 0. The number of carbonyl (C=O) groups excluding carboxylic acids is 3. The Morgan fingerprint density at radius 1 is 0.385 bits per heavy atom. The van der Waals surface area contributed by atoms with E-state index in [1.54, 1.807) is 0 Å². The van der Waals surface area contributed by atoms with Crippen LogP contribution in [0.25, 0.3) is 0 Å². The first-order valence-electron chi connectivity index (χ1n) is 22.5. The molecule has 0 aromatic heterocycles. The molecule has 78 heavy (non-hydrogen) atoms. The zero-order valence-electron chi connectivity index (χ0n) is 39.2. The maximum atomic E-state index is 13.9. The highest BCUT2D eigenvalue weighted by Crippen LogP contribution is 2.53. The molecule has 9 rings (SSSR count). The summed E-state index contributed by atoms with van der Waals surface area (Å²) in [6.45, 7) is 0. The SMILES string of the molecule is O=C(Oc1cc2c(c(O)c1Cc1c(O)cc(O)c3c1OC(c1cc(O)c(O)c(O)c1)C(OC(=O)c1cc(O)c(O)c(O)c1)C3)CC(OC(=O)c1cc(O)c(O)c(O)c1)C(c1cc(O)c(O)c(O)c1)O2)c1cc(O)c(O)c(O)c1. The van der Waals surface area contributed by atoms with E-state index in [-0.39, 0.29) is 33.6 Å². The third kappa shape index (κ3) is 9.31. The van der Waals surface area contributed by atoms with Crippen LogP contribution >= 0.6 is 0 Å². The second kappa shape index (κ2) is 19.3. The Balaban J connectivity index is 1.19. The number of carbonyl (C=O) groups is 3. The fourth-order valence-electron chi connectivity index (χ4n) is 8.80. The summed E-state index contributed by atoms with van der Waals surface area (Å²) in [6, 6.07) is 9.73. The van der Waals surface area contributed by atoms with Gasteiger partial charge < -0.3 is 116 Å². The van der Waals surface area contributed by atoms with Crippen molar-refractivity contribution in [1.29, 1.82) is 0 Å². The van der Waals surface area contributed by atoms with E-state index in [9.17, 15) is 106 Å². The Labute approximate surface area is 434 Å². The standard InChI is InChI=1S/C52H40O26/c53-25-14-26(54)22-12-39(76-51(72)19-7-33(61)45(69)34(62)8-19)48(17-3-29(57)43(67)30(58)4-17)78-49(22)21(25)11-23-38(75-50(71)18-5-31(59)44(68)32(60)6-18)15-37-24(41(23)65)13-40(47(74-37)16-1-27(55)42(66)28(56)2-16)77-52(73)20-9-35(63)46(70)36(64)10-20/h1-10,14-15,39-40,47-48,53-70H,11-13H2. The van der Waals surface area contributed by atoms with Crippen molar-refractivity contribution < 1.29 is 130 Å². The van der Waals surface area contributed by atoms with Gasteiger partial charge in [0.05, 0.1) is 16.7 Å². The highest BCUT2D eigenvalue weighted by molar-refractivity contribution is 5.94.